The molecule has 6 nitrogen and oxygen atoms in total. The molecular weight excluding hydrogens is 925 g/mol. The molecule has 0 bridgehead atoms. The summed E-state index contributed by atoms with van der Waals surface area (Å²) >= 11 is 0. The van der Waals surface area contributed by atoms with Crippen molar-refractivity contribution in [3.63, 3.8) is 0 Å². The number of esters is 3. The lowest BCUT2D eigenvalue weighted by molar-refractivity contribution is -0.167. The Morgan fingerprint density at radius 2 is 0.493 bits per heavy atom. The molecule has 0 saturated heterocycles. The van der Waals surface area contributed by atoms with Gasteiger partial charge in [0.25, 0.3) is 0 Å². The van der Waals surface area contributed by atoms with E-state index in [0.29, 0.717) is 25.7 Å². The van der Waals surface area contributed by atoms with E-state index in [1.165, 1.54) is 250 Å². The van der Waals surface area contributed by atoms with Gasteiger partial charge in [0, 0.05) is 19.3 Å². The van der Waals surface area contributed by atoms with Crippen molar-refractivity contribution in [3.8, 4) is 0 Å². The minimum atomic E-state index is -0.793. The standard InChI is InChI=1S/C69H126O6/c1-4-7-10-13-16-19-22-25-28-31-33-34-36-39-42-45-48-51-54-57-60-63-69(72)75-66(64-73-67(70)61-58-55-52-49-46-43-40-37-30-27-24-21-18-15-12-9-6-3)65-74-68(71)62-59-56-53-50-47-44-41-38-35-32-29-26-23-20-17-14-11-8-5-2/h25,27-28,30,40,43,49,52,66H,4-24,26,29,31-39,41-42,44-48,50-51,53-65H2,1-3H3/b28-25-,30-27-,43-40-,52-49-/t66-/m1/s1. The minimum Gasteiger partial charge on any atom is -0.462 e. The van der Waals surface area contributed by atoms with E-state index < -0.39 is 6.10 Å². The van der Waals surface area contributed by atoms with E-state index in [1.54, 1.807) is 0 Å². The van der Waals surface area contributed by atoms with Gasteiger partial charge in [0.15, 0.2) is 6.10 Å². The van der Waals surface area contributed by atoms with Gasteiger partial charge in [0.2, 0.25) is 0 Å². The van der Waals surface area contributed by atoms with Crippen LogP contribution in [0.5, 0.6) is 0 Å². The van der Waals surface area contributed by atoms with E-state index in [0.717, 1.165) is 57.8 Å². The maximum absolute atomic E-state index is 12.9. The highest BCUT2D eigenvalue weighted by Crippen LogP contribution is 2.17. The SMILES string of the molecule is CCCCCCCC/C=C\C/C=C\C/C=C\CCCC(=O)OC[C@H](COC(=O)CCCCCCCCCCCCCCCCCCCCC)OC(=O)CCCCCCCCCCCCC/C=C\CCCCCCCC. The molecule has 0 heterocycles. The molecule has 0 fully saturated rings. The van der Waals surface area contributed by atoms with Crippen LogP contribution in [0.15, 0.2) is 48.6 Å². The molecule has 438 valence electrons. The summed E-state index contributed by atoms with van der Waals surface area (Å²) in [5.41, 5.74) is 0. The van der Waals surface area contributed by atoms with Gasteiger partial charge in [0.1, 0.15) is 13.2 Å². The lowest BCUT2D eigenvalue weighted by Crippen LogP contribution is -2.30. The second kappa shape index (κ2) is 63.9. The molecule has 0 aromatic rings. The molecule has 1 atom stereocenters. The Labute approximate surface area is 467 Å². The lowest BCUT2D eigenvalue weighted by atomic mass is 10.0. The Morgan fingerprint density at radius 1 is 0.267 bits per heavy atom. The smallest absolute Gasteiger partial charge is 0.306 e. The lowest BCUT2D eigenvalue weighted by Gasteiger charge is -2.18. The molecule has 0 aromatic carbocycles. The first-order chi connectivity index (χ1) is 37.0. The highest BCUT2D eigenvalue weighted by atomic mass is 16.6. The van der Waals surface area contributed by atoms with Gasteiger partial charge in [-0.3, -0.25) is 14.4 Å². The fourth-order valence-electron chi connectivity index (χ4n) is 9.81. The number of allylic oxidation sites excluding steroid dienone is 8. The Balaban J connectivity index is 4.38. The molecule has 0 rings (SSSR count). The number of ether oxygens (including phenoxy) is 3. The van der Waals surface area contributed by atoms with Crippen LogP contribution in [0.2, 0.25) is 0 Å². The second-order valence-corrected chi connectivity index (χ2v) is 22.4. The Bertz CT molecular complexity index is 1300. The van der Waals surface area contributed by atoms with Crippen LogP contribution in [0.1, 0.15) is 355 Å². The predicted octanol–water partition coefficient (Wildman–Crippen LogP) is 22.6. The summed E-state index contributed by atoms with van der Waals surface area (Å²) in [6.45, 7) is 6.65. The molecule has 0 spiro atoms. The van der Waals surface area contributed by atoms with E-state index in [4.69, 9.17) is 14.2 Å². The van der Waals surface area contributed by atoms with E-state index in [1.807, 2.05) is 0 Å². The zero-order valence-corrected chi connectivity index (χ0v) is 50.3. The summed E-state index contributed by atoms with van der Waals surface area (Å²) in [4.78, 5) is 38.3. The first-order valence-electron chi connectivity index (χ1n) is 33.1. The van der Waals surface area contributed by atoms with Crippen molar-refractivity contribution >= 4 is 17.9 Å². The average molecular weight is 1050 g/mol. The number of hydrogen-bond donors (Lipinski definition) is 0. The number of carbonyl (C=O) groups is 3. The minimum absolute atomic E-state index is 0.0848. The molecular formula is C69H126O6. The van der Waals surface area contributed by atoms with E-state index >= 15 is 0 Å². The van der Waals surface area contributed by atoms with Gasteiger partial charge in [-0.05, 0) is 77.0 Å². The third-order valence-corrected chi connectivity index (χ3v) is 14.8. The zero-order valence-electron chi connectivity index (χ0n) is 50.3. The van der Waals surface area contributed by atoms with Crippen molar-refractivity contribution in [2.75, 3.05) is 13.2 Å². The van der Waals surface area contributed by atoms with Crippen molar-refractivity contribution in [1.82, 2.24) is 0 Å². The van der Waals surface area contributed by atoms with Crippen molar-refractivity contribution in [1.29, 1.82) is 0 Å². The molecule has 0 saturated carbocycles. The van der Waals surface area contributed by atoms with Gasteiger partial charge in [-0.1, -0.05) is 307 Å². The summed E-state index contributed by atoms with van der Waals surface area (Å²) in [5.74, 6) is -0.917. The third-order valence-electron chi connectivity index (χ3n) is 14.8. The summed E-state index contributed by atoms with van der Waals surface area (Å²) in [7, 11) is 0. The summed E-state index contributed by atoms with van der Waals surface area (Å²) < 4.78 is 16.9. The predicted molar refractivity (Wildman–Crippen MR) is 325 cm³/mol. The van der Waals surface area contributed by atoms with E-state index in [9.17, 15) is 14.4 Å². The summed E-state index contributed by atoms with van der Waals surface area (Å²) in [5, 5.41) is 0. The van der Waals surface area contributed by atoms with Gasteiger partial charge in [-0.15, -0.1) is 0 Å². The Morgan fingerprint density at radius 3 is 0.813 bits per heavy atom. The molecule has 0 N–H and O–H groups in total. The third kappa shape index (κ3) is 62.1. The van der Waals surface area contributed by atoms with Gasteiger partial charge in [-0.25, -0.2) is 0 Å². The van der Waals surface area contributed by atoms with Crippen LogP contribution < -0.4 is 0 Å². The monoisotopic (exact) mass is 1050 g/mol. The molecule has 0 aliphatic rings. The van der Waals surface area contributed by atoms with Crippen LogP contribution in [0.3, 0.4) is 0 Å². The van der Waals surface area contributed by atoms with Gasteiger partial charge in [-0.2, -0.15) is 0 Å². The highest BCUT2D eigenvalue weighted by Gasteiger charge is 2.19. The molecule has 75 heavy (non-hydrogen) atoms. The molecule has 0 amide bonds. The second-order valence-electron chi connectivity index (χ2n) is 22.4. The fourth-order valence-corrected chi connectivity index (χ4v) is 9.81. The molecule has 0 aliphatic heterocycles. The summed E-state index contributed by atoms with van der Waals surface area (Å²) in [6, 6.07) is 0. The van der Waals surface area contributed by atoms with Crippen LogP contribution in [-0.4, -0.2) is 37.2 Å². The largest absolute Gasteiger partial charge is 0.462 e. The molecule has 0 radical (unpaired) electrons. The van der Waals surface area contributed by atoms with Crippen molar-refractivity contribution in [3.05, 3.63) is 48.6 Å². The van der Waals surface area contributed by atoms with Crippen molar-refractivity contribution in [2.24, 2.45) is 0 Å². The number of rotatable bonds is 61. The Hall–Kier alpha value is -2.63. The fraction of sp³-hybridized carbons (Fsp3) is 0.841. The Kier molecular flexibility index (Phi) is 61.7. The van der Waals surface area contributed by atoms with Crippen LogP contribution in [-0.2, 0) is 28.6 Å². The van der Waals surface area contributed by atoms with Crippen LogP contribution in [0.4, 0.5) is 0 Å². The topological polar surface area (TPSA) is 78.9 Å². The first-order valence-corrected chi connectivity index (χ1v) is 33.1. The number of unbranched alkanes of at least 4 members (excludes halogenated alkanes) is 42. The van der Waals surface area contributed by atoms with Crippen molar-refractivity contribution < 1.29 is 28.6 Å². The summed E-state index contributed by atoms with van der Waals surface area (Å²) in [6.07, 6.45) is 79.8. The molecule has 0 aromatic heterocycles. The highest BCUT2D eigenvalue weighted by molar-refractivity contribution is 5.71. The molecule has 0 unspecified atom stereocenters. The number of hydrogen-bond acceptors (Lipinski definition) is 6. The van der Waals surface area contributed by atoms with Gasteiger partial charge in [0.05, 0.1) is 0 Å². The first kappa shape index (κ1) is 72.4. The zero-order chi connectivity index (χ0) is 54.3. The van der Waals surface area contributed by atoms with Crippen molar-refractivity contribution in [2.45, 2.75) is 361 Å². The van der Waals surface area contributed by atoms with Crippen LogP contribution >= 0.6 is 0 Å². The van der Waals surface area contributed by atoms with E-state index in [-0.39, 0.29) is 31.1 Å². The quantitative estimate of drug-likeness (QED) is 0.0261. The van der Waals surface area contributed by atoms with Gasteiger partial charge < -0.3 is 14.2 Å². The average Bonchev–Trinajstić information content (AvgIpc) is 3.41. The van der Waals surface area contributed by atoms with Crippen LogP contribution in [0, 0.1) is 0 Å². The van der Waals surface area contributed by atoms with E-state index in [2.05, 4.69) is 69.4 Å². The molecule has 6 heteroatoms. The maximum Gasteiger partial charge on any atom is 0.306 e. The maximum atomic E-state index is 12.9. The van der Waals surface area contributed by atoms with Gasteiger partial charge >= 0.3 is 17.9 Å². The van der Waals surface area contributed by atoms with Crippen LogP contribution in [0.25, 0.3) is 0 Å². The number of carbonyl (C=O) groups excluding carboxylic acids is 3. The normalized spacial score (nSPS) is 12.3. The molecule has 0 aliphatic carbocycles.